The summed E-state index contributed by atoms with van der Waals surface area (Å²) in [5.41, 5.74) is 1.61. The van der Waals surface area contributed by atoms with Crippen LogP contribution in [0.3, 0.4) is 0 Å². The SMILES string of the molecule is COc1ccccc1N(C)CC1(CS)CC1. The second-order valence-corrected chi connectivity index (χ2v) is 5.00. The van der Waals surface area contributed by atoms with Gasteiger partial charge in [0.05, 0.1) is 12.8 Å². The number of thiol groups is 1. The van der Waals surface area contributed by atoms with E-state index in [9.17, 15) is 0 Å². The molecule has 1 aromatic rings. The minimum absolute atomic E-state index is 0.443. The van der Waals surface area contributed by atoms with Crippen LogP contribution in [-0.4, -0.2) is 26.5 Å². The van der Waals surface area contributed by atoms with Crippen molar-refractivity contribution >= 4 is 18.3 Å². The molecule has 16 heavy (non-hydrogen) atoms. The summed E-state index contributed by atoms with van der Waals surface area (Å²) in [5, 5.41) is 0. The van der Waals surface area contributed by atoms with Gasteiger partial charge in [0, 0.05) is 13.6 Å². The van der Waals surface area contributed by atoms with E-state index in [0.717, 1.165) is 23.7 Å². The maximum Gasteiger partial charge on any atom is 0.142 e. The molecule has 1 aliphatic rings. The Hall–Kier alpha value is -0.830. The summed E-state index contributed by atoms with van der Waals surface area (Å²) in [4.78, 5) is 2.28. The van der Waals surface area contributed by atoms with E-state index in [-0.39, 0.29) is 0 Å². The molecular formula is C13H19NOS. The van der Waals surface area contributed by atoms with Crippen LogP contribution < -0.4 is 9.64 Å². The lowest BCUT2D eigenvalue weighted by molar-refractivity contribution is 0.413. The number of hydrogen-bond donors (Lipinski definition) is 1. The maximum atomic E-state index is 5.37. The van der Waals surface area contributed by atoms with Crippen LogP contribution in [0.4, 0.5) is 5.69 Å². The van der Waals surface area contributed by atoms with E-state index in [0.29, 0.717) is 5.41 Å². The average molecular weight is 237 g/mol. The van der Waals surface area contributed by atoms with Crippen LogP contribution in [0.15, 0.2) is 24.3 Å². The quantitative estimate of drug-likeness (QED) is 0.791. The highest BCUT2D eigenvalue weighted by Gasteiger charge is 2.42. The van der Waals surface area contributed by atoms with Gasteiger partial charge in [-0.15, -0.1) is 0 Å². The molecule has 2 nitrogen and oxygen atoms in total. The van der Waals surface area contributed by atoms with Gasteiger partial charge >= 0.3 is 0 Å². The molecule has 0 spiro atoms. The normalized spacial score (nSPS) is 16.9. The maximum absolute atomic E-state index is 5.37. The van der Waals surface area contributed by atoms with Gasteiger partial charge in [-0.05, 0) is 36.1 Å². The number of methoxy groups -OCH3 is 1. The lowest BCUT2D eigenvalue weighted by atomic mass is 10.1. The van der Waals surface area contributed by atoms with E-state index in [1.165, 1.54) is 12.8 Å². The van der Waals surface area contributed by atoms with Gasteiger partial charge in [0.25, 0.3) is 0 Å². The Morgan fingerprint density at radius 1 is 1.38 bits per heavy atom. The summed E-state index contributed by atoms with van der Waals surface area (Å²) >= 11 is 4.44. The van der Waals surface area contributed by atoms with Crippen molar-refractivity contribution in [3.8, 4) is 5.75 Å². The zero-order valence-electron chi connectivity index (χ0n) is 9.94. The van der Waals surface area contributed by atoms with E-state index in [4.69, 9.17) is 4.74 Å². The van der Waals surface area contributed by atoms with Gasteiger partial charge in [-0.25, -0.2) is 0 Å². The first kappa shape index (κ1) is 11.6. The number of ether oxygens (including phenoxy) is 1. The smallest absolute Gasteiger partial charge is 0.142 e. The number of rotatable bonds is 5. The zero-order chi connectivity index (χ0) is 11.6. The summed E-state index contributed by atoms with van der Waals surface area (Å²) in [7, 11) is 3.85. The van der Waals surface area contributed by atoms with Crippen molar-refractivity contribution in [3.05, 3.63) is 24.3 Å². The highest BCUT2D eigenvalue weighted by Crippen LogP contribution is 2.47. The molecule has 0 heterocycles. The lowest BCUT2D eigenvalue weighted by Crippen LogP contribution is -2.27. The Balaban J connectivity index is 2.11. The van der Waals surface area contributed by atoms with E-state index < -0.39 is 0 Å². The van der Waals surface area contributed by atoms with Crippen molar-refractivity contribution in [2.24, 2.45) is 5.41 Å². The third kappa shape index (κ3) is 2.29. The van der Waals surface area contributed by atoms with E-state index in [2.05, 4.69) is 36.7 Å². The predicted molar refractivity (Wildman–Crippen MR) is 71.8 cm³/mol. The van der Waals surface area contributed by atoms with Crippen LogP contribution in [0.2, 0.25) is 0 Å². The predicted octanol–water partition coefficient (Wildman–Crippen LogP) is 2.84. The van der Waals surface area contributed by atoms with Crippen LogP contribution >= 0.6 is 12.6 Å². The largest absolute Gasteiger partial charge is 0.495 e. The van der Waals surface area contributed by atoms with Gasteiger partial charge < -0.3 is 9.64 Å². The molecule has 0 aromatic heterocycles. The van der Waals surface area contributed by atoms with Gasteiger partial charge in [0.15, 0.2) is 0 Å². The Morgan fingerprint density at radius 2 is 2.06 bits per heavy atom. The van der Waals surface area contributed by atoms with Crippen molar-refractivity contribution in [3.63, 3.8) is 0 Å². The van der Waals surface area contributed by atoms with Gasteiger partial charge in [-0.2, -0.15) is 12.6 Å². The highest BCUT2D eigenvalue weighted by molar-refractivity contribution is 7.80. The Morgan fingerprint density at radius 3 is 2.62 bits per heavy atom. The number of hydrogen-bond acceptors (Lipinski definition) is 3. The van der Waals surface area contributed by atoms with E-state index in [1.807, 2.05) is 12.1 Å². The lowest BCUT2D eigenvalue weighted by Gasteiger charge is -2.26. The second kappa shape index (κ2) is 4.58. The van der Waals surface area contributed by atoms with E-state index >= 15 is 0 Å². The number of anilines is 1. The van der Waals surface area contributed by atoms with Crippen LogP contribution in [0.1, 0.15) is 12.8 Å². The summed E-state index contributed by atoms with van der Waals surface area (Å²) < 4.78 is 5.37. The van der Waals surface area contributed by atoms with Crippen LogP contribution in [0, 0.1) is 5.41 Å². The fourth-order valence-electron chi connectivity index (χ4n) is 2.08. The topological polar surface area (TPSA) is 12.5 Å². The van der Waals surface area contributed by atoms with Gasteiger partial charge in [-0.3, -0.25) is 0 Å². The summed E-state index contributed by atoms with van der Waals surface area (Å²) in [5.74, 6) is 1.92. The number of nitrogens with zero attached hydrogens (tertiary/aromatic N) is 1. The van der Waals surface area contributed by atoms with Crippen molar-refractivity contribution < 1.29 is 4.74 Å². The third-order valence-electron chi connectivity index (χ3n) is 3.36. The molecule has 1 fully saturated rings. The molecule has 0 amide bonds. The summed E-state index contributed by atoms with van der Waals surface area (Å²) in [6, 6.07) is 8.16. The third-order valence-corrected chi connectivity index (χ3v) is 4.03. The first-order valence-corrected chi connectivity index (χ1v) is 6.29. The molecule has 0 N–H and O–H groups in total. The molecule has 1 aromatic carbocycles. The summed E-state index contributed by atoms with van der Waals surface area (Å²) in [6.07, 6.45) is 2.60. The fourth-order valence-corrected chi connectivity index (χ4v) is 2.49. The molecule has 88 valence electrons. The molecule has 0 radical (unpaired) electrons. The number of benzene rings is 1. The van der Waals surface area contributed by atoms with Crippen molar-refractivity contribution in [2.75, 3.05) is 31.4 Å². The fraction of sp³-hybridized carbons (Fsp3) is 0.538. The molecule has 3 heteroatoms. The van der Waals surface area contributed by atoms with Crippen molar-refractivity contribution in [1.29, 1.82) is 0 Å². The Labute approximate surface area is 103 Å². The molecule has 1 saturated carbocycles. The van der Waals surface area contributed by atoms with Gasteiger partial charge in [-0.1, -0.05) is 12.1 Å². The Bertz CT molecular complexity index is 363. The van der Waals surface area contributed by atoms with E-state index in [1.54, 1.807) is 7.11 Å². The monoisotopic (exact) mass is 237 g/mol. The molecule has 1 aliphatic carbocycles. The number of para-hydroxylation sites is 2. The molecule has 0 unspecified atom stereocenters. The molecule has 2 rings (SSSR count). The first-order chi connectivity index (χ1) is 7.71. The first-order valence-electron chi connectivity index (χ1n) is 5.66. The highest BCUT2D eigenvalue weighted by atomic mass is 32.1. The average Bonchev–Trinajstić information content (AvgIpc) is 3.09. The summed E-state index contributed by atoms with van der Waals surface area (Å²) in [6.45, 7) is 1.07. The Kier molecular flexibility index (Phi) is 3.33. The molecule has 0 bridgehead atoms. The van der Waals surface area contributed by atoms with Crippen molar-refractivity contribution in [2.45, 2.75) is 12.8 Å². The standard InChI is InChI=1S/C13H19NOS/c1-14(9-13(10-16)7-8-13)11-5-3-4-6-12(11)15-2/h3-6,16H,7-10H2,1-2H3. The minimum atomic E-state index is 0.443. The minimum Gasteiger partial charge on any atom is -0.495 e. The van der Waals surface area contributed by atoms with Crippen molar-refractivity contribution in [1.82, 2.24) is 0 Å². The van der Waals surface area contributed by atoms with Crippen LogP contribution in [0.5, 0.6) is 5.75 Å². The van der Waals surface area contributed by atoms with Crippen LogP contribution in [-0.2, 0) is 0 Å². The molecule has 0 aliphatic heterocycles. The van der Waals surface area contributed by atoms with Gasteiger partial charge in [0.1, 0.15) is 5.75 Å². The zero-order valence-corrected chi connectivity index (χ0v) is 10.8. The molecule has 0 saturated heterocycles. The molecular weight excluding hydrogens is 218 g/mol. The van der Waals surface area contributed by atoms with Crippen LogP contribution in [0.25, 0.3) is 0 Å². The van der Waals surface area contributed by atoms with Gasteiger partial charge in [0.2, 0.25) is 0 Å². The molecule has 0 atom stereocenters. The second-order valence-electron chi connectivity index (χ2n) is 4.69.